The third-order valence-electron chi connectivity index (χ3n) is 1.99. The van der Waals surface area contributed by atoms with Gasteiger partial charge in [0.25, 0.3) is 0 Å². The number of aromatic nitrogens is 1. The Bertz CT molecular complexity index is 338. The molecule has 1 amide bonds. The molecule has 0 fully saturated rings. The zero-order valence-corrected chi connectivity index (χ0v) is 11.5. The Labute approximate surface area is 102 Å². The molecule has 0 saturated carbocycles. The molecule has 0 aliphatic carbocycles. The highest BCUT2D eigenvalue weighted by atomic mass is 79.9. The van der Waals surface area contributed by atoms with E-state index in [2.05, 4.69) is 40.1 Å². The average molecular weight is 291 g/mol. The highest BCUT2D eigenvalue weighted by molar-refractivity contribution is 9.10. The topological polar surface area (TPSA) is 42.0 Å². The molecular formula is C10H15BrN2OS. The Balaban J connectivity index is 2.61. The van der Waals surface area contributed by atoms with E-state index in [9.17, 15) is 4.79 Å². The van der Waals surface area contributed by atoms with Gasteiger partial charge in [-0.3, -0.25) is 4.79 Å². The van der Waals surface area contributed by atoms with Crippen molar-refractivity contribution < 1.29 is 4.79 Å². The number of nitrogens with one attached hydrogen (secondary N) is 1. The molecule has 1 unspecified atom stereocenters. The smallest absolute Gasteiger partial charge is 0.239 e. The largest absolute Gasteiger partial charge is 0.301 e. The van der Waals surface area contributed by atoms with Crippen LogP contribution in [0.1, 0.15) is 38.8 Å². The van der Waals surface area contributed by atoms with Crippen molar-refractivity contribution in [3.8, 4) is 0 Å². The number of amides is 1. The summed E-state index contributed by atoms with van der Waals surface area (Å²) in [5.41, 5.74) is 1.03. The maximum atomic E-state index is 11.5. The number of hydrogen-bond acceptors (Lipinski definition) is 3. The van der Waals surface area contributed by atoms with Crippen molar-refractivity contribution in [2.75, 3.05) is 5.32 Å². The van der Waals surface area contributed by atoms with E-state index >= 15 is 0 Å². The standard InChI is InChI=1S/C10H15BrN2OS/c1-4-7(11)9(14)13-10-12-8(5-15-10)6(2)3/h5-7H,4H2,1-3H3,(H,12,13,14). The van der Waals surface area contributed by atoms with Gasteiger partial charge in [-0.15, -0.1) is 11.3 Å². The van der Waals surface area contributed by atoms with Crippen molar-refractivity contribution in [1.29, 1.82) is 0 Å². The van der Waals surface area contributed by atoms with E-state index in [4.69, 9.17) is 0 Å². The molecule has 1 atom stereocenters. The Hall–Kier alpha value is -0.420. The number of alkyl halides is 1. The van der Waals surface area contributed by atoms with Crippen molar-refractivity contribution in [2.45, 2.75) is 37.9 Å². The van der Waals surface area contributed by atoms with Gasteiger partial charge in [-0.25, -0.2) is 4.98 Å². The predicted molar refractivity (Wildman–Crippen MR) is 67.8 cm³/mol. The number of carbonyl (C=O) groups excluding carboxylic acids is 1. The summed E-state index contributed by atoms with van der Waals surface area (Å²) in [6.45, 7) is 6.13. The van der Waals surface area contributed by atoms with Crippen LogP contribution in [0, 0.1) is 0 Å². The van der Waals surface area contributed by atoms with Crippen molar-refractivity contribution in [1.82, 2.24) is 4.98 Å². The molecule has 1 heterocycles. The summed E-state index contributed by atoms with van der Waals surface area (Å²) in [6, 6.07) is 0. The highest BCUT2D eigenvalue weighted by Gasteiger charge is 2.14. The highest BCUT2D eigenvalue weighted by Crippen LogP contribution is 2.22. The van der Waals surface area contributed by atoms with Gasteiger partial charge in [0.05, 0.1) is 10.5 Å². The molecule has 0 aliphatic heterocycles. The van der Waals surface area contributed by atoms with Crippen LogP contribution in [-0.4, -0.2) is 15.7 Å². The molecule has 1 aromatic heterocycles. The SMILES string of the molecule is CCC(Br)C(=O)Nc1nc(C(C)C)cs1. The van der Waals surface area contributed by atoms with Crippen LogP contribution in [0.25, 0.3) is 0 Å². The van der Waals surface area contributed by atoms with Gasteiger partial charge in [0.1, 0.15) is 0 Å². The maximum Gasteiger partial charge on any atom is 0.239 e. The summed E-state index contributed by atoms with van der Waals surface area (Å²) in [4.78, 5) is 15.7. The van der Waals surface area contributed by atoms with Crippen molar-refractivity contribution in [2.24, 2.45) is 0 Å². The van der Waals surface area contributed by atoms with Crippen LogP contribution in [0.15, 0.2) is 5.38 Å². The summed E-state index contributed by atoms with van der Waals surface area (Å²) in [5.74, 6) is 0.375. The first-order valence-corrected chi connectivity index (χ1v) is 6.74. The van der Waals surface area contributed by atoms with E-state index in [0.29, 0.717) is 11.0 Å². The third-order valence-corrected chi connectivity index (χ3v) is 3.83. The maximum absolute atomic E-state index is 11.5. The Morgan fingerprint density at radius 3 is 2.80 bits per heavy atom. The number of halogens is 1. The van der Waals surface area contributed by atoms with Crippen LogP contribution in [0.2, 0.25) is 0 Å². The molecule has 15 heavy (non-hydrogen) atoms. The minimum absolute atomic E-state index is 0.0258. The second kappa shape index (κ2) is 5.61. The number of carbonyl (C=O) groups is 1. The minimum Gasteiger partial charge on any atom is -0.301 e. The summed E-state index contributed by atoms with van der Waals surface area (Å²) in [5, 5.41) is 5.45. The van der Waals surface area contributed by atoms with Crippen molar-refractivity contribution in [3.05, 3.63) is 11.1 Å². The Morgan fingerprint density at radius 1 is 1.67 bits per heavy atom. The Morgan fingerprint density at radius 2 is 2.33 bits per heavy atom. The average Bonchev–Trinajstić information content (AvgIpc) is 2.65. The normalized spacial score (nSPS) is 12.9. The first kappa shape index (κ1) is 12.6. The minimum atomic E-state index is -0.135. The third kappa shape index (κ3) is 3.57. The fraction of sp³-hybridized carbons (Fsp3) is 0.600. The van der Waals surface area contributed by atoms with Crippen LogP contribution < -0.4 is 5.32 Å². The molecule has 0 spiro atoms. The van der Waals surface area contributed by atoms with Gasteiger partial charge in [0, 0.05) is 5.38 Å². The van der Waals surface area contributed by atoms with E-state index in [0.717, 1.165) is 12.1 Å². The van der Waals surface area contributed by atoms with Crippen LogP contribution in [0.4, 0.5) is 5.13 Å². The molecule has 1 aromatic rings. The van der Waals surface area contributed by atoms with Crippen LogP contribution in [0.3, 0.4) is 0 Å². The van der Waals surface area contributed by atoms with Crippen LogP contribution in [0.5, 0.6) is 0 Å². The van der Waals surface area contributed by atoms with Gasteiger partial charge >= 0.3 is 0 Å². The molecule has 0 saturated heterocycles. The summed E-state index contributed by atoms with van der Waals surface area (Å²) in [7, 11) is 0. The second-order valence-corrected chi connectivity index (χ2v) is 5.56. The second-order valence-electron chi connectivity index (χ2n) is 3.60. The quantitative estimate of drug-likeness (QED) is 0.864. The van der Waals surface area contributed by atoms with Gasteiger partial charge in [-0.2, -0.15) is 0 Å². The number of hydrogen-bond donors (Lipinski definition) is 1. The van der Waals surface area contributed by atoms with E-state index in [1.54, 1.807) is 0 Å². The Kier molecular flexibility index (Phi) is 4.73. The monoisotopic (exact) mass is 290 g/mol. The fourth-order valence-corrected chi connectivity index (χ4v) is 1.97. The lowest BCUT2D eigenvalue weighted by Crippen LogP contribution is -2.21. The molecular weight excluding hydrogens is 276 g/mol. The first-order chi connectivity index (χ1) is 7.04. The number of thiazole rings is 1. The summed E-state index contributed by atoms with van der Waals surface area (Å²) >= 11 is 4.77. The molecule has 1 N–H and O–H groups in total. The molecule has 0 radical (unpaired) electrons. The molecule has 3 nitrogen and oxygen atoms in total. The molecule has 5 heteroatoms. The van der Waals surface area contributed by atoms with E-state index in [1.807, 2.05) is 12.3 Å². The van der Waals surface area contributed by atoms with Gasteiger partial charge in [-0.1, -0.05) is 36.7 Å². The van der Waals surface area contributed by atoms with Gasteiger partial charge < -0.3 is 5.32 Å². The predicted octanol–water partition coefficient (Wildman–Crippen LogP) is 3.38. The lowest BCUT2D eigenvalue weighted by Gasteiger charge is -2.05. The lowest BCUT2D eigenvalue weighted by molar-refractivity contribution is -0.115. The van der Waals surface area contributed by atoms with E-state index in [1.165, 1.54) is 11.3 Å². The summed E-state index contributed by atoms with van der Waals surface area (Å²) < 4.78 is 0. The molecule has 0 bridgehead atoms. The number of rotatable bonds is 4. The zero-order chi connectivity index (χ0) is 11.4. The molecule has 84 valence electrons. The summed E-state index contributed by atoms with van der Waals surface area (Å²) in [6.07, 6.45) is 0.772. The van der Waals surface area contributed by atoms with E-state index in [-0.39, 0.29) is 10.7 Å². The number of nitrogens with zero attached hydrogens (tertiary/aromatic N) is 1. The fourth-order valence-electron chi connectivity index (χ4n) is 0.978. The van der Waals surface area contributed by atoms with Crippen molar-refractivity contribution >= 4 is 38.3 Å². The van der Waals surface area contributed by atoms with E-state index < -0.39 is 0 Å². The van der Waals surface area contributed by atoms with Crippen LogP contribution in [-0.2, 0) is 4.79 Å². The van der Waals surface area contributed by atoms with Gasteiger partial charge in [0.15, 0.2) is 5.13 Å². The molecule has 0 aromatic carbocycles. The zero-order valence-electron chi connectivity index (χ0n) is 9.08. The molecule has 0 aliphatic rings. The molecule has 1 rings (SSSR count). The van der Waals surface area contributed by atoms with Crippen molar-refractivity contribution in [3.63, 3.8) is 0 Å². The van der Waals surface area contributed by atoms with Gasteiger partial charge in [0.2, 0.25) is 5.91 Å². The van der Waals surface area contributed by atoms with Crippen LogP contribution >= 0.6 is 27.3 Å². The number of anilines is 1. The first-order valence-electron chi connectivity index (χ1n) is 4.95. The lowest BCUT2D eigenvalue weighted by atomic mass is 10.2. The van der Waals surface area contributed by atoms with Gasteiger partial charge in [-0.05, 0) is 12.3 Å².